The highest BCUT2D eigenvalue weighted by molar-refractivity contribution is 6.31. The maximum Gasteiger partial charge on any atom is 0.167 e. The van der Waals surface area contributed by atoms with Crippen LogP contribution in [-0.2, 0) is 11.2 Å². The Kier molecular flexibility index (Phi) is 4.39. The van der Waals surface area contributed by atoms with Gasteiger partial charge >= 0.3 is 0 Å². The van der Waals surface area contributed by atoms with Crippen LogP contribution in [0.15, 0.2) is 17.9 Å². The first-order valence-electron chi connectivity index (χ1n) is 6.82. The second kappa shape index (κ2) is 5.88. The molecule has 0 heterocycles. The third-order valence-electron chi connectivity index (χ3n) is 3.81. The van der Waals surface area contributed by atoms with Crippen LogP contribution in [0.5, 0.6) is 5.75 Å². The lowest BCUT2D eigenvalue weighted by Crippen LogP contribution is -2.18. The summed E-state index contributed by atoms with van der Waals surface area (Å²) in [5, 5.41) is 10.9. The van der Waals surface area contributed by atoms with Crippen molar-refractivity contribution < 1.29 is 14.6 Å². The van der Waals surface area contributed by atoms with Gasteiger partial charge in [-0.05, 0) is 30.5 Å². The molecule has 0 bridgehead atoms. The largest absolute Gasteiger partial charge is 0.511 e. The van der Waals surface area contributed by atoms with E-state index in [1.54, 1.807) is 13.2 Å². The van der Waals surface area contributed by atoms with Gasteiger partial charge in [-0.3, -0.25) is 4.79 Å². The maximum absolute atomic E-state index is 12.3. The Labute approximate surface area is 124 Å². The summed E-state index contributed by atoms with van der Waals surface area (Å²) in [5.74, 6) is 0.665. The Balaban J connectivity index is 2.73. The molecular weight excluding hydrogens is 276 g/mol. The summed E-state index contributed by atoms with van der Waals surface area (Å²) in [6.07, 6.45) is 1.85. The van der Waals surface area contributed by atoms with E-state index in [0.29, 0.717) is 41.2 Å². The lowest BCUT2D eigenvalue weighted by molar-refractivity contribution is -0.114. The van der Waals surface area contributed by atoms with E-state index in [9.17, 15) is 9.90 Å². The van der Waals surface area contributed by atoms with Crippen LogP contribution in [0, 0.1) is 5.92 Å². The standard InChI is InChI=1S/C16H19ClO3/c1-4-10-7-11(17)8-13(20-3)14(10)15-12(18)6-5-9(2)16(15)19/h7-9,19H,4-6H2,1-3H3. The number of methoxy groups -OCH3 is 1. The third-order valence-corrected chi connectivity index (χ3v) is 4.02. The molecule has 4 heteroatoms. The number of ketones is 1. The summed E-state index contributed by atoms with van der Waals surface area (Å²) < 4.78 is 5.37. The summed E-state index contributed by atoms with van der Waals surface area (Å²) in [6.45, 7) is 3.92. The van der Waals surface area contributed by atoms with Crippen LogP contribution in [0.25, 0.3) is 5.57 Å². The predicted octanol–water partition coefficient (Wildman–Crippen LogP) is 4.18. The van der Waals surface area contributed by atoms with Gasteiger partial charge in [-0.15, -0.1) is 0 Å². The average Bonchev–Trinajstić information content (AvgIpc) is 2.44. The Hall–Kier alpha value is -1.48. The Morgan fingerprint density at radius 3 is 2.75 bits per heavy atom. The van der Waals surface area contributed by atoms with E-state index in [4.69, 9.17) is 16.3 Å². The molecule has 0 saturated carbocycles. The molecule has 0 aromatic heterocycles. The highest BCUT2D eigenvalue weighted by Crippen LogP contribution is 2.39. The summed E-state index contributed by atoms with van der Waals surface area (Å²) in [6, 6.07) is 3.51. The number of aliphatic hydroxyl groups is 1. The number of aliphatic hydroxyl groups excluding tert-OH is 1. The molecule has 1 aliphatic carbocycles. The topological polar surface area (TPSA) is 46.5 Å². The van der Waals surface area contributed by atoms with Gasteiger partial charge in [-0.2, -0.15) is 0 Å². The number of benzene rings is 1. The van der Waals surface area contributed by atoms with Gasteiger partial charge in [0.2, 0.25) is 0 Å². The Morgan fingerprint density at radius 1 is 1.45 bits per heavy atom. The monoisotopic (exact) mass is 294 g/mol. The van der Waals surface area contributed by atoms with Crippen LogP contribution in [0.4, 0.5) is 0 Å². The van der Waals surface area contributed by atoms with Gasteiger partial charge in [-0.1, -0.05) is 25.4 Å². The van der Waals surface area contributed by atoms with E-state index in [1.165, 1.54) is 0 Å². The molecule has 1 aromatic rings. The Morgan fingerprint density at radius 2 is 2.15 bits per heavy atom. The first-order valence-corrected chi connectivity index (χ1v) is 7.20. The number of halogens is 1. The molecule has 0 aliphatic heterocycles. The van der Waals surface area contributed by atoms with Crippen LogP contribution in [0.3, 0.4) is 0 Å². The number of allylic oxidation sites excluding steroid dienone is 2. The minimum absolute atomic E-state index is 0.00668. The van der Waals surface area contributed by atoms with Crippen LogP contribution in [0.1, 0.15) is 37.8 Å². The van der Waals surface area contributed by atoms with E-state index >= 15 is 0 Å². The summed E-state index contributed by atoms with van der Waals surface area (Å²) in [5.41, 5.74) is 2.00. The zero-order valence-corrected chi connectivity index (χ0v) is 12.8. The zero-order valence-electron chi connectivity index (χ0n) is 12.0. The van der Waals surface area contributed by atoms with E-state index in [1.807, 2.05) is 19.9 Å². The average molecular weight is 295 g/mol. The van der Waals surface area contributed by atoms with Crippen LogP contribution >= 0.6 is 11.6 Å². The molecule has 0 saturated heterocycles. The van der Waals surface area contributed by atoms with Gasteiger partial charge in [0.25, 0.3) is 0 Å². The number of aryl methyl sites for hydroxylation is 1. The summed E-state index contributed by atoms with van der Waals surface area (Å²) >= 11 is 6.08. The first kappa shape index (κ1) is 14.9. The fraction of sp³-hybridized carbons (Fsp3) is 0.438. The number of carbonyl (C=O) groups is 1. The SMILES string of the molecule is CCc1cc(Cl)cc(OC)c1C1=C(O)C(C)CCC1=O. The molecule has 0 spiro atoms. The van der Waals surface area contributed by atoms with Crippen molar-refractivity contribution in [2.24, 2.45) is 5.92 Å². The maximum atomic E-state index is 12.3. The third kappa shape index (κ3) is 2.55. The molecule has 0 fully saturated rings. The molecule has 20 heavy (non-hydrogen) atoms. The van der Waals surface area contributed by atoms with Crippen LogP contribution in [-0.4, -0.2) is 18.0 Å². The normalized spacial score (nSPS) is 19.4. The first-order chi connectivity index (χ1) is 9.49. The molecule has 1 atom stereocenters. The van der Waals surface area contributed by atoms with Gasteiger partial charge in [0.1, 0.15) is 11.5 Å². The second-order valence-corrected chi connectivity index (χ2v) is 5.56. The van der Waals surface area contributed by atoms with E-state index in [-0.39, 0.29) is 17.5 Å². The van der Waals surface area contributed by atoms with Crippen molar-refractivity contribution in [1.29, 1.82) is 0 Å². The van der Waals surface area contributed by atoms with Crippen molar-refractivity contribution in [3.05, 3.63) is 34.0 Å². The molecular formula is C16H19ClO3. The molecule has 2 rings (SSSR count). The fourth-order valence-corrected chi connectivity index (χ4v) is 2.86. The number of rotatable bonds is 3. The molecule has 1 aromatic carbocycles. The zero-order chi connectivity index (χ0) is 14.9. The minimum Gasteiger partial charge on any atom is -0.511 e. The number of ether oxygens (including phenoxy) is 1. The van der Waals surface area contributed by atoms with E-state index in [2.05, 4.69) is 0 Å². The van der Waals surface area contributed by atoms with Gasteiger partial charge in [0.15, 0.2) is 5.78 Å². The minimum atomic E-state index is -0.0316. The molecule has 0 radical (unpaired) electrons. The molecule has 1 unspecified atom stereocenters. The Bertz CT molecular complexity index is 550. The van der Waals surface area contributed by atoms with Crippen molar-refractivity contribution in [2.45, 2.75) is 33.1 Å². The van der Waals surface area contributed by atoms with Gasteiger partial charge in [0.05, 0.1) is 12.7 Å². The number of hydrogen-bond donors (Lipinski definition) is 1. The molecule has 3 nitrogen and oxygen atoms in total. The number of Topliss-reactive ketones (excluding diaryl/α,β-unsaturated/α-hetero) is 1. The highest BCUT2D eigenvalue weighted by Gasteiger charge is 2.30. The van der Waals surface area contributed by atoms with Crippen molar-refractivity contribution in [2.75, 3.05) is 7.11 Å². The van der Waals surface area contributed by atoms with Crippen molar-refractivity contribution >= 4 is 23.0 Å². The second-order valence-electron chi connectivity index (χ2n) is 5.12. The van der Waals surface area contributed by atoms with Crippen molar-refractivity contribution in [3.63, 3.8) is 0 Å². The summed E-state index contributed by atoms with van der Waals surface area (Å²) in [4.78, 5) is 12.3. The predicted molar refractivity (Wildman–Crippen MR) is 80.3 cm³/mol. The van der Waals surface area contributed by atoms with E-state index in [0.717, 1.165) is 5.56 Å². The molecule has 108 valence electrons. The lowest BCUT2D eigenvalue weighted by atomic mass is 9.83. The summed E-state index contributed by atoms with van der Waals surface area (Å²) in [7, 11) is 1.54. The lowest BCUT2D eigenvalue weighted by Gasteiger charge is -2.24. The van der Waals surface area contributed by atoms with E-state index < -0.39 is 0 Å². The van der Waals surface area contributed by atoms with Crippen molar-refractivity contribution in [3.8, 4) is 5.75 Å². The van der Waals surface area contributed by atoms with Crippen LogP contribution in [0.2, 0.25) is 5.02 Å². The molecule has 1 aliphatic rings. The van der Waals surface area contributed by atoms with Gasteiger partial charge in [0, 0.05) is 22.9 Å². The number of hydrogen-bond acceptors (Lipinski definition) is 3. The van der Waals surface area contributed by atoms with Crippen LogP contribution < -0.4 is 4.74 Å². The molecule has 1 N–H and O–H groups in total. The van der Waals surface area contributed by atoms with Crippen molar-refractivity contribution in [1.82, 2.24) is 0 Å². The fourth-order valence-electron chi connectivity index (χ4n) is 2.63. The quantitative estimate of drug-likeness (QED) is 0.909. The number of carbonyl (C=O) groups excluding carboxylic acids is 1. The smallest absolute Gasteiger partial charge is 0.167 e. The molecule has 0 amide bonds. The van der Waals surface area contributed by atoms with Gasteiger partial charge < -0.3 is 9.84 Å². The van der Waals surface area contributed by atoms with Gasteiger partial charge in [-0.25, -0.2) is 0 Å². The highest BCUT2D eigenvalue weighted by atomic mass is 35.5.